The Morgan fingerprint density at radius 2 is 1.85 bits per heavy atom. The number of benzene rings is 2. The van der Waals surface area contributed by atoms with Gasteiger partial charge in [-0.2, -0.15) is 0 Å². The van der Waals surface area contributed by atoms with Crippen LogP contribution in [0.3, 0.4) is 0 Å². The molecule has 0 fully saturated rings. The lowest BCUT2D eigenvalue weighted by Gasteiger charge is -2.07. The highest BCUT2D eigenvalue weighted by Gasteiger charge is 2.07. The van der Waals surface area contributed by atoms with Gasteiger partial charge in [-0.1, -0.05) is 24.3 Å². The lowest BCUT2D eigenvalue weighted by atomic mass is 10.1. The molecule has 0 bridgehead atoms. The molecule has 0 aliphatic heterocycles. The van der Waals surface area contributed by atoms with E-state index < -0.39 is 0 Å². The molecule has 0 aliphatic carbocycles. The fourth-order valence-electron chi connectivity index (χ4n) is 3.14. The van der Waals surface area contributed by atoms with Gasteiger partial charge in [0.15, 0.2) is 0 Å². The van der Waals surface area contributed by atoms with E-state index in [0.29, 0.717) is 0 Å². The predicted molar refractivity (Wildman–Crippen MR) is 109 cm³/mol. The second-order valence-electron chi connectivity index (χ2n) is 6.47. The summed E-state index contributed by atoms with van der Waals surface area (Å²) in [7, 11) is 2.10. The van der Waals surface area contributed by atoms with E-state index in [0.717, 1.165) is 41.4 Å². The summed E-state index contributed by atoms with van der Waals surface area (Å²) in [5.74, 6) is 1.13. The van der Waals surface area contributed by atoms with Gasteiger partial charge in [-0.15, -0.1) is 11.3 Å². The Morgan fingerprint density at radius 3 is 2.58 bits per heavy atom. The van der Waals surface area contributed by atoms with Crippen LogP contribution in [0.1, 0.15) is 21.3 Å². The van der Waals surface area contributed by atoms with Crippen molar-refractivity contribution in [3.05, 3.63) is 76.0 Å². The highest BCUT2D eigenvalue weighted by Crippen LogP contribution is 2.18. The summed E-state index contributed by atoms with van der Waals surface area (Å²) >= 11 is 1.74. The Labute approximate surface area is 157 Å². The van der Waals surface area contributed by atoms with Crippen LogP contribution in [0.25, 0.3) is 11.0 Å². The van der Waals surface area contributed by atoms with Crippen molar-refractivity contribution in [1.29, 1.82) is 0 Å². The van der Waals surface area contributed by atoms with Gasteiger partial charge in [-0.25, -0.2) is 9.97 Å². The molecule has 4 nitrogen and oxygen atoms in total. The van der Waals surface area contributed by atoms with Crippen LogP contribution in [0.5, 0.6) is 0 Å². The van der Waals surface area contributed by atoms with Gasteiger partial charge >= 0.3 is 0 Å². The molecule has 132 valence electrons. The highest BCUT2D eigenvalue weighted by atomic mass is 32.1. The van der Waals surface area contributed by atoms with Gasteiger partial charge in [0.25, 0.3) is 0 Å². The lowest BCUT2D eigenvalue weighted by molar-refractivity contribution is 0.787. The third kappa shape index (κ3) is 3.63. The average Bonchev–Trinajstić information content (AvgIpc) is 3.23. The number of anilines is 1. The number of para-hydroxylation sites is 2. The Kier molecular flexibility index (Phi) is 4.71. The van der Waals surface area contributed by atoms with Gasteiger partial charge in [0, 0.05) is 30.2 Å². The maximum atomic E-state index is 4.76. The Bertz CT molecular complexity index is 1010. The number of thiazole rings is 1. The zero-order valence-electron chi connectivity index (χ0n) is 15.1. The number of aromatic nitrogens is 3. The van der Waals surface area contributed by atoms with Crippen molar-refractivity contribution in [2.75, 3.05) is 5.32 Å². The summed E-state index contributed by atoms with van der Waals surface area (Å²) in [4.78, 5) is 10.3. The lowest BCUT2D eigenvalue weighted by Crippen LogP contribution is -2.01. The number of aryl methyl sites for hydroxylation is 4. The van der Waals surface area contributed by atoms with Gasteiger partial charge in [0.05, 0.1) is 22.6 Å². The van der Waals surface area contributed by atoms with Crippen molar-refractivity contribution in [2.24, 2.45) is 7.05 Å². The number of fused-ring (bicyclic) bond motifs is 1. The van der Waals surface area contributed by atoms with Crippen molar-refractivity contribution in [1.82, 2.24) is 14.5 Å². The minimum Gasteiger partial charge on any atom is -0.380 e. The second-order valence-corrected chi connectivity index (χ2v) is 7.79. The van der Waals surface area contributed by atoms with Crippen LogP contribution in [0.4, 0.5) is 5.69 Å². The van der Waals surface area contributed by atoms with Crippen LogP contribution in [-0.4, -0.2) is 14.5 Å². The molecule has 2 heterocycles. The maximum Gasteiger partial charge on any atom is 0.109 e. The summed E-state index contributed by atoms with van der Waals surface area (Å²) in [6.07, 6.45) is 3.88. The topological polar surface area (TPSA) is 42.7 Å². The van der Waals surface area contributed by atoms with Crippen LogP contribution in [0.2, 0.25) is 0 Å². The molecule has 0 amide bonds. The van der Waals surface area contributed by atoms with E-state index in [4.69, 9.17) is 4.98 Å². The Morgan fingerprint density at radius 1 is 1.04 bits per heavy atom. The molecule has 0 saturated heterocycles. The molecule has 4 rings (SSSR count). The monoisotopic (exact) mass is 362 g/mol. The molecule has 0 atom stereocenters. The first-order valence-corrected chi connectivity index (χ1v) is 9.65. The van der Waals surface area contributed by atoms with Crippen molar-refractivity contribution in [2.45, 2.75) is 26.3 Å². The maximum absolute atomic E-state index is 4.76. The number of nitrogens with one attached hydrogen (secondary N) is 1. The first-order valence-electron chi connectivity index (χ1n) is 8.83. The van der Waals surface area contributed by atoms with Crippen LogP contribution >= 0.6 is 11.3 Å². The second kappa shape index (κ2) is 7.30. The minimum atomic E-state index is 0.824. The average molecular weight is 363 g/mol. The van der Waals surface area contributed by atoms with E-state index in [1.54, 1.807) is 11.3 Å². The highest BCUT2D eigenvalue weighted by molar-refractivity contribution is 7.11. The molecule has 0 unspecified atom stereocenters. The third-order valence-corrected chi connectivity index (χ3v) is 5.52. The van der Waals surface area contributed by atoms with Gasteiger partial charge in [0.1, 0.15) is 5.82 Å². The molecule has 0 aliphatic rings. The molecule has 0 spiro atoms. The van der Waals surface area contributed by atoms with E-state index in [2.05, 4.69) is 64.4 Å². The molecule has 4 aromatic rings. The van der Waals surface area contributed by atoms with Crippen LogP contribution in [0.15, 0.2) is 54.7 Å². The smallest absolute Gasteiger partial charge is 0.109 e. The van der Waals surface area contributed by atoms with Gasteiger partial charge < -0.3 is 9.88 Å². The summed E-state index contributed by atoms with van der Waals surface area (Å²) < 4.78 is 2.20. The molecule has 2 aromatic carbocycles. The van der Waals surface area contributed by atoms with Crippen molar-refractivity contribution >= 4 is 28.1 Å². The molecule has 5 heteroatoms. The van der Waals surface area contributed by atoms with Gasteiger partial charge in [-0.3, -0.25) is 0 Å². The number of hydrogen-bond acceptors (Lipinski definition) is 4. The van der Waals surface area contributed by atoms with E-state index in [9.17, 15) is 0 Å². The van der Waals surface area contributed by atoms with Gasteiger partial charge in [-0.05, 0) is 43.2 Å². The van der Waals surface area contributed by atoms with Crippen molar-refractivity contribution in [3.63, 3.8) is 0 Å². The van der Waals surface area contributed by atoms with Crippen molar-refractivity contribution < 1.29 is 0 Å². The first-order chi connectivity index (χ1) is 12.7. The summed E-state index contributed by atoms with van der Waals surface area (Å²) in [6, 6.07) is 17.0. The van der Waals surface area contributed by atoms with Crippen LogP contribution in [-0.2, 0) is 26.4 Å². The number of hydrogen-bond donors (Lipinski definition) is 1. The van der Waals surface area contributed by atoms with E-state index >= 15 is 0 Å². The quantitative estimate of drug-likeness (QED) is 0.539. The van der Waals surface area contributed by atoms with E-state index in [1.165, 1.54) is 16.0 Å². The zero-order valence-corrected chi connectivity index (χ0v) is 15.9. The Hall–Kier alpha value is -2.66. The molecular weight excluding hydrogens is 340 g/mol. The summed E-state index contributed by atoms with van der Waals surface area (Å²) in [6.45, 7) is 2.86. The first kappa shape index (κ1) is 16.8. The fourth-order valence-corrected chi connectivity index (χ4v) is 3.88. The zero-order chi connectivity index (χ0) is 17.9. The standard InChI is InChI=1S/C21H22N4S/c1-15-22-13-18(26-15)14-23-17-10-7-16(8-11-17)9-12-21-24-19-5-3-4-6-20(19)25(21)2/h3-8,10-11,13,23H,9,12,14H2,1-2H3. The number of rotatable bonds is 6. The minimum absolute atomic E-state index is 0.824. The SMILES string of the molecule is Cc1ncc(CNc2ccc(CCc3nc4ccccc4n3C)cc2)s1. The molecule has 1 N–H and O–H groups in total. The largest absolute Gasteiger partial charge is 0.380 e. The summed E-state index contributed by atoms with van der Waals surface area (Å²) in [5.41, 5.74) is 4.74. The molecule has 26 heavy (non-hydrogen) atoms. The Balaban J connectivity index is 1.37. The third-order valence-electron chi connectivity index (χ3n) is 4.61. The van der Waals surface area contributed by atoms with Crippen molar-refractivity contribution in [3.8, 4) is 0 Å². The normalized spacial score (nSPS) is 11.2. The fraction of sp³-hybridized carbons (Fsp3) is 0.238. The molecule has 0 radical (unpaired) electrons. The summed E-state index contributed by atoms with van der Waals surface area (Å²) in [5, 5.41) is 4.57. The predicted octanol–water partition coefficient (Wildman–Crippen LogP) is 4.74. The molecular formula is C21H22N4S. The molecule has 0 saturated carbocycles. The number of nitrogens with zero attached hydrogens (tertiary/aromatic N) is 3. The number of imidazole rings is 1. The van der Waals surface area contributed by atoms with Gasteiger partial charge in [0.2, 0.25) is 0 Å². The molecule has 2 aromatic heterocycles. The van der Waals surface area contributed by atoms with E-state index in [1.807, 2.05) is 19.2 Å². The van der Waals surface area contributed by atoms with Crippen LogP contribution < -0.4 is 5.32 Å². The van der Waals surface area contributed by atoms with E-state index in [-0.39, 0.29) is 0 Å². The van der Waals surface area contributed by atoms with Crippen LogP contribution in [0, 0.1) is 6.92 Å².